The van der Waals surface area contributed by atoms with E-state index < -0.39 is 21.5 Å². The van der Waals surface area contributed by atoms with E-state index in [-0.39, 0.29) is 29.4 Å². The summed E-state index contributed by atoms with van der Waals surface area (Å²) in [6.07, 6.45) is 9.67. The summed E-state index contributed by atoms with van der Waals surface area (Å²) in [5.41, 5.74) is 3.11. The smallest absolute Gasteiger partial charge is 0.264 e. The number of nitrogens with zero attached hydrogens (tertiary/aromatic N) is 3. The van der Waals surface area contributed by atoms with E-state index in [1.54, 1.807) is 6.07 Å². The van der Waals surface area contributed by atoms with Crippen molar-refractivity contribution in [1.29, 1.82) is 0 Å². The second kappa shape index (κ2) is 16.2. The van der Waals surface area contributed by atoms with Gasteiger partial charge in [-0.2, -0.15) is 0 Å². The molecule has 1 aliphatic carbocycles. The Bertz CT molecular complexity index is 1680. The summed E-state index contributed by atoms with van der Waals surface area (Å²) >= 11 is 6.52. The van der Waals surface area contributed by atoms with Crippen molar-refractivity contribution in [3.05, 3.63) is 70.3 Å². The van der Waals surface area contributed by atoms with Crippen molar-refractivity contribution in [3.8, 4) is 5.75 Å². The summed E-state index contributed by atoms with van der Waals surface area (Å²) < 4.78 is 42.3. The monoisotopic (exact) mass is 740 g/mol. The normalized spacial score (nSPS) is 31.1. The number of likely N-dealkylation sites (N-methyl/N-ethyl adjacent to an activating group) is 1. The van der Waals surface area contributed by atoms with Crippen molar-refractivity contribution in [2.45, 2.75) is 64.4 Å². The van der Waals surface area contributed by atoms with Gasteiger partial charge in [-0.1, -0.05) is 57.0 Å². The van der Waals surface area contributed by atoms with E-state index in [0.717, 1.165) is 82.1 Å². The van der Waals surface area contributed by atoms with Gasteiger partial charge in [-0.15, -0.1) is 0 Å². The van der Waals surface area contributed by atoms with Crippen LogP contribution in [0.4, 0.5) is 5.69 Å². The fourth-order valence-corrected chi connectivity index (χ4v) is 10.1. The zero-order valence-electron chi connectivity index (χ0n) is 31.1. The van der Waals surface area contributed by atoms with Crippen LogP contribution >= 0.6 is 11.6 Å². The van der Waals surface area contributed by atoms with Crippen molar-refractivity contribution in [1.82, 2.24) is 14.5 Å². The van der Waals surface area contributed by atoms with E-state index in [4.69, 9.17) is 21.1 Å². The first-order valence-electron chi connectivity index (χ1n) is 18.9. The van der Waals surface area contributed by atoms with E-state index in [1.165, 1.54) is 11.1 Å². The van der Waals surface area contributed by atoms with Gasteiger partial charge in [0.15, 0.2) is 0 Å². The Kier molecular flexibility index (Phi) is 12.1. The summed E-state index contributed by atoms with van der Waals surface area (Å²) in [5.74, 6) is 0.366. The number of allylic oxidation sites excluding steroid dienone is 1. The Hall–Kier alpha value is -2.63. The number of benzene rings is 2. The quantitative estimate of drug-likeness (QED) is 0.335. The van der Waals surface area contributed by atoms with Crippen molar-refractivity contribution >= 4 is 33.2 Å². The molecule has 3 aliphatic heterocycles. The molecule has 2 aromatic carbocycles. The SMILES string of the molecule is CCCCc1cc(Cl)ccc1[C@@H]1COc2ccc3cc2N(C1)C[C@@H]1CC[C@H]1[C@](CN1CCN(C)CC1)(OC)/C=C/[C@H](C)[C@H](C)CS(=O)(=O)NC3=O. The molecule has 0 aromatic heterocycles. The molecule has 2 bridgehead atoms. The van der Waals surface area contributed by atoms with Gasteiger partial charge >= 0.3 is 0 Å². The van der Waals surface area contributed by atoms with Gasteiger partial charge in [-0.05, 0) is 97.9 Å². The topological polar surface area (TPSA) is 91.4 Å². The van der Waals surface area contributed by atoms with Crippen LogP contribution in [0.3, 0.4) is 0 Å². The number of hydrogen-bond donors (Lipinski definition) is 1. The number of hydrogen-bond acceptors (Lipinski definition) is 8. The van der Waals surface area contributed by atoms with Crippen LogP contribution in [-0.4, -0.2) is 102 Å². The molecule has 6 rings (SSSR count). The Morgan fingerprint density at radius 1 is 1.06 bits per heavy atom. The minimum atomic E-state index is -3.90. The highest BCUT2D eigenvalue weighted by molar-refractivity contribution is 7.90. The summed E-state index contributed by atoms with van der Waals surface area (Å²) in [7, 11) is 0.125. The lowest BCUT2D eigenvalue weighted by atomic mass is 9.63. The number of anilines is 1. The van der Waals surface area contributed by atoms with Crippen molar-refractivity contribution < 1.29 is 22.7 Å². The third-order valence-corrected chi connectivity index (χ3v) is 13.7. The average molecular weight is 741 g/mol. The first kappa shape index (κ1) is 38.1. The predicted molar refractivity (Wildman–Crippen MR) is 206 cm³/mol. The molecule has 3 heterocycles. The summed E-state index contributed by atoms with van der Waals surface area (Å²) in [6, 6.07) is 11.6. The number of carbonyl (C=O) groups excluding carboxylic acids is 1. The van der Waals surface area contributed by atoms with Crippen LogP contribution < -0.4 is 14.4 Å². The van der Waals surface area contributed by atoms with Crippen LogP contribution in [0.5, 0.6) is 5.75 Å². The molecular weight excluding hydrogens is 684 g/mol. The second-order valence-corrected chi connectivity index (χ2v) is 17.8. The molecule has 2 fully saturated rings. The molecule has 280 valence electrons. The number of rotatable bonds is 7. The molecule has 1 amide bonds. The minimum absolute atomic E-state index is 0.0409. The highest BCUT2D eigenvalue weighted by Crippen LogP contribution is 2.47. The Morgan fingerprint density at radius 3 is 2.55 bits per heavy atom. The molecule has 0 unspecified atom stereocenters. The van der Waals surface area contributed by atoms with E-state index in [1.807, 2.05) is 32.2 Å². The lowest BCUT2D eigenvalue weighted by Gasteiger charge is -2.52. The molecule has 11 heteroatoms. The van der Waals surface area contributed by atoms with Gasteiger partial charge in [-0.25, -0.2) is 13.1 Å². The number of piperazine rings is 1. The summed E-state index contributed by atoms with van der Waals surface area (Å²) in [4.78, 5) is 20.8. The van der Waals surface area contributed by atoms with Gasteiger partial charge in [0.2, 0.25) is 10.0 Å². The molecular formula is C40H57ClN4O5S. The number of fused-ring (bicyclic) bond motifs is 2. The first-order valence-corrected chi connectivity index (χ1v) is 20.9. The maximum absolute atomic E-state index is 13.5. The Labute approximate surface area is 310 Å². The van der Waals surface area contributed by atoms with Gasteiger partial charge < -0.3 is 19.3 Å². The summed E-state index contributed by atoms with van der Waals surface area (Å²) in [6.45, 7) is 13.0. The van der Waals surface area contributed by atoms with Crippen LogP contribution in [0.15, 0.2) is 48.6 Å². The zero-order valence-corrected chi connectivity index (χ0v) is 32.6. The van der Waals surface area contributed by atoms with E-state index in [9.17, 15) is 13.2 Å². The molecule has 0 radical (unpaired) electrons. The van der Waals surface area contributed by atoms with Gasteiger partial charge in [0, 0.05) is 69.4 Å². The minimum Gasteiger partial charge on any atom is -0.491 e. The largest absolute Gasteiger partial charge is 0.491 e. The van der Waals surface area contributed by atoms with Crippen LogP contribution in [0.25, 0.3) is 0 Å². The molecule has 2 aromatic rings. The molecule has 1 saturated heterocycles. The maximum atomic E-state index is 13.5. The van der Waals surface area contributed by atoms with Gasteiger partial charge in [0.25, 0.3) is 5.91 Å². The molecule has 0 spiro atoms. The van der Waals surface area contributed by atoms with E-state index in [0.29, 0.717) is 30.4 Å². The first-order chi connectivity index (χ1) is 24.4. The molecule has 9 nitrogen and oxygen atoms in total. The number of ether oxygens (including phenoxy) is 2. The lowest BCUT2D eigenvalue weighted by Crippen LogP contribution is -2.58. The zero-order chi connectivity index (χ0) is 36.3. The van der Waals surface area contributed by atoms with E-state index >= 15 is 0 Å². The second-order valence-electron chi connectivity index (χ2n) is 15.6. The number of halogens is 1. The number of sulfonamides is 1. The van der Waals surface area contributed by atoms with Crippen LogP contribution in [0.1, 0.15) is 73.9 Å². The van der Waals surface area contributed by atoms with Crippen molar-refractivity contribution in [3.63, 3.8) is 0 Å². The number of amides is 1. The van der Waals surface area contributed by atoms with Gasteiger partial charge in [0.05, 0.1) is 18.0 Å². The van der Waals surface area contributed by atoms with Crippen molar-refractivity contribution in [2.24, 2.45) is 23.7 Å². The maximum Gasteiger partial charge on any atom is 0.264 e. The molecule has 1 saturated carbocycles. The third-order valence-electron chi connectivity index (χ3n) is 12.0. The lowest BCUT2D eigenvalue weighted by molar-refractivity contribution is -0.0950. The van der Waals surface area contributed by atoms with E-state index in [2.05, 4.69) is 64.6 Å². The average Bonchev–Trinajstić information content (AvgIpc) is 3.27. The highest BCUT2D eigenvalue weighted by Gasteiger charge is 2.48. The number of carbonyl (C=O) groups is 1. The number of nitrogens with one attached hydrogen (secondary N) is 1. The molecule has 1 N–H and O–H groups in total. The number of unbranched alkanes of at least 4 members (excludes halogenated alkanes) is 1. The number of methoxy groups -OCH3 is 1. The van der Waals surface area contributed by atoms with Crippen LogP contribution in [-0.2, 0) is 21.2 Å². The molecule has 4 aliphatic rings. The van der Waals surface area contributed by atoms with Gasteiger partial charge in [0.1, 0.15) is 11.4 Å². The Morgan fingerprint density at radius 2 is 1.84 bits per heavy atom. The van der Waals surface area contributed by atoms with Crippen LogP contribution in [0.2, 0.25) is 5.02 Å². The molecule has 6 atom stereocenters. The Balaban J connectivity index is 1.41. The molecule has 51 heavy (non-hydrogen) atoms. The highest BCUT2D eigenvalue weighted by atomic mass is 35.5. The number of aryl methyl sites for hydroxylation is 1. The predicted octanol–water partition coefficient (Wildman–Crippen LogP) is 6.23. The van der Waals surface area contributed by atoms with Gasteiger partial charge in [-0.3, -0.25) is 9.69 Å². The third kappa shape index (κ3) is 8.78. The van der Waals surface area contributed by atoms with Crippen LogP contribution in [0, 0.1) is 23.7 Å². The fourth-order valence-electron chi connectivity index (χ4n) is 8.44. The standard InChI is InChI=1S/C40H57ClN4O5S/c1-6-7-8-30-21-34(41)11-12-35(30)33-24-45-23-32-9-13-36(32)40(49-5,27-44-19-17-43(4)18-20-44)16-15-28(2)29(3)26-51(47,48)42-39(46)31-10-14-38(50-25-33)37(45)22-31/h10-12,14-16,21-22,28-29,32-33,36H,6-9,13,17-20,23-27H2,1-5H3,(H,42,46)/b16-15+/t28-,29+,32-,33-,36+,40-/m0/s1. The fraction of sp³-hybridized carbons (Fsp3) is 0.625. The summed E-state index contributed by atoms with van der Waals surface area (Å²) in [5, 5.41) is 0.739. The van der Waals surface area contributed by atoms with Crippen molar-refractivity contribution in [2.75, 3.05) is 77.2 Å².